The maximum Gasteiger partial charge on any atom is 0.150 e. The highest BCUT2D eigenvalue weighted by Crippen LogP contribution is 2.53. The van der Waals surface area contributed by atoms with Crippen LogP contribution in [0.2, 0.25) is 0 Å². The summed E-state index contributed by atoms with van der Waals surface area (Å²) in [6, 6.07) is 0. The van der Waals surface area contributed by atoms with Gasteiger partial charge in [0, 0.05) is 6.42 Å². The van der Waals surface area contributed by atoms with Gasteiger partial charge < -0.3 is 0 Å². The van der Waals surface area contributed by atoms with E-state index in [1.54, 1.807) is 6.08 Å². The van der Waals surface area contributed by atoms with Gasteiger partial charge in [0.15, 0.2) is 5.41 Å². The SMILES string of the molecule is CCCCC(CC)CCP(C)C1(F)C=CC=CC1. The van der Waals surface area contributed by atoms with Crippen LogP contribution in [0.1, 0.15) is 52.4 Å². The van der Waals surface area contributed by atoms with Gasteiger partial charge >= 0.3 is 0 Å². The molecule has 0 aromatic heterocycles. The first-order valence-corrected chi connectivity index (χ1v) is 9.34. The van der Waals surface area contributed by atoms with Crippen LogP contribution in [0.15, 0.2) is 24.3 Å². The Labute approximate surface area is 113 Å². The highest BCUT2D eigenvalue weighted by Gasteiger charge is 2.32. The number of hydrogen-bond acceptors (Lipinski definition) is 0. The molecule has 0 nitrogen and oxygen atoms in total. The van der Waals surface area contributed by atoms with Gasteiger partial charge in [-0.15, -0.1) is 0 Å². The molecule has 0 saturated carbocycles. The molecule has 0 aromatic rings. The Bertz CT molecular complexity index is 285. The van der Waals surface area contributed by atoms with Crippen molar-refractivity contribution in [3.63, 3.8) is 0 Å². The quantitative estimate of drug-likeness (QED) is 0.483. The molecule has 0 aliphatic heterocycles. The molecule has 1 rings (SSSR count). The molecule has 104 valence electrons. The van der Waals surface area contributed by atoms with Crippen molar-refractivity contribution in [1.29, 1.82) is 0 Å². The van der Waals surface area contributed by atoms with Crippen molar-refractivity contribution in [3.8, 4) is 0 Å². The average Bonchev–Trinajstić information content (AvgIpc) is 2.39. The largest absolute Gasteiger partial charge is 0.234 e. The van der Waals surface area contributed by atoms with Gasteiger partial charge in [-0.05, 0) is 31.2 Å². The lowest BCUT2D eigenvalue weighted by Crippen LogP contribution is -2.19. The summed E-state index contributed by atoms with van der Waals surface area (Å²) in [6.45, 7) is 6.65. The third-order valence-electron chi connectivity index (χ3n) is 4.05. The Morgan fingerprint density at radius 3 is 2.61 bits per heavy atom. The lowest BCUT2D eigenvalue weighted by Gasteiger charge is -2.30. The van der Waals surface area contributed by atoms with Crippen LogP contribution in [-0.4, -0.2) is 18.2 Å². The number of allylic oxidation sites excluding steroid dienone is 4. The predicted octanol–water partition coefficient (Wildman–Crippen LogP) is 5.89. The van der Waals surface area contributed by atoms with Crippen LogP contribution in [-0.2, 0) is 0 Å². The number of rotatable bonds is 8. The molecule has 0 spiro atoms. The predicted molar refractivity (Wildman–Crippen MR) is 82.4 cm³/mol. The molecule has 18 heavy (non-hydrogen) atoms. The number of halogens is 1. The van der Waals surface area contributed by atoms with E-state index in [0.29, 0.717) is 6.42 Å². The Kier molecular flexibility index (Phi) is 7.15. The molecule has 3 unspecified atom stereocenters. The first-order chi connectivity index (χ1) is 8.62. The second-order valence-corrected chi connectivity index (χ2v) is 8.02. The third kappa shape index (κ3) is 4.84. The summed E-state index contributed by atoms with van der Waals surface area (Å²) in [5.41, 5.74) is 0. The smallest absolute Gasteiger partial charge is 0.150 e. The Morgan fingerprint density at radius 1 is 1.28 bits per heavy atom. The number of hydrogen-bond donors (Lipinski definition) is 0. The fourth-order valence-corrected chi connectivity index (χ4v) is 4.36. The molecule has 2 heteroatoms. The summed E-state index contributed by atoms with van der Waals surface area (Å²) in [7, 11) is -0.539. The first kappa shape index (κ1) is 15.9. The molecule has 0 heterocycles. The Hall–Kier alpha value is -0.160. The van der Waals surface area contributed by atoms with E-state index < -0.39 is 13.3 Å². The molecule has 1 aliphatic rings. The molecule has 0 N–H and O–H groups in total. The van der Waals surface area contributed by atoms with Crippen molar-refractivity contribution in [1.82, 2.24) is 0 Å². The topological polar surface area (TPSA) is 0 Å². The average molecular weight is 270 g/mol. The van der Waals surface area contributed by atoms with Gasteiger partial charge in [0.25, 0.3) is 0 Å². The van der Waals surface area contributed by atoms with Crippen molar-refractivity contribution in [2.24, 2.45) is 5.92 Å². The van der Waals surface area contributed by atoms with E-state index >= 15 is 0 Å². The summed E-state index contributed by atoms with van der Waals surface area (Å²) < 4.78 is 14.7. The lowest BCUT2D eigenvalue weighted by atomic mass is 9.97. The van der Waals surface area contributed by atoms with Crippen LogP contribution in [0.4, 0.5) is 4.39 Å². The fourth-order valence-electron chi connectivity index (χ4n) is 2.47. The Morgan fingerprint density at radius 2 is 2.06 bits per heavy atom. The van der Waals surface area contributed by atoms with E-state index in [4.69, 9.17) is 0 Å². The highest BCUT2D eigenvalue weighted by atomic mass is 31.1. The molecule has 3 atom stereocenters. The van der Waals surface area contributed by atoms with Gasteiger partial charge in [-0.1, -0.05) is 65.7 Å². The van der Waals surface area contributed by atoms with Crippen LogP contribution in [0, 0.1) is 5.92 Å². The summed E-state index contributed by atoms with van der Waals surface area (Å²) in [5.74, 6) is 0.807. The fraction of sp³-hybridized carbons (Fsp3) is 0.750. The number of unbranched alkanes of at least 4 members (excludes halogenated alkanes) is 1. The van der Waals surface area contributed by atoms with E-state index in [1.807, 2.05) is 18.2 Å². The molecule has 0 fully saturated rings. The number of alkyl halides is 1. The van der Waals surface area contributed by atoms with Crippen molar-refractivity contribution in [2.45, 2.75) is 57.8 Å². The molecule has 0 radical (unpaired) electrons. The molecule has 0 aromatic carbocycles. The molecule has 1 aliphatic carbocycles. The van der Waals surface area contributed by atoms with E-state index in [2.05, 4.69) is 20.5 Å². The zero-order chi connectivity index (χ0) is 13.4. The summed E-state index contributed by atoms with van der Waals surface area (Å²) >= 11 is 0. The van der Waals surface area contributed by atoms with E-state index in [0.717, 1.165) is 12.1 Å². The minimum Gasteiger partial charge on any atom is -0.234 e. The normalized spacial score (nSPS) is 26.2. The highest BCUT2D eigenvalue weighted by molar-refractivity contribution is 7.58. The first-order valence-electron chi connectivity index (χ1n) is 7.37. The van der Waals surface area contributed by atoms with Gasteiger partial charge in [-0.3, -0.25) is 0 Å². The monoisotopic (exact) mass is 270 g/mol. The zero-order valence-corrected chi connectivity index (χ0v) is 13.1. The van der Waals surface area contributed by atoms with Crippen molar-refractivity contribution < 1.29 is 4.39 Å². The van der Waals surface area contributed by atoms with Crippen LogP contribution >= 0.6 is 7.92 Å². The molecular weight excluding hydrogens is 242 g/mol. The second kappa shape index (κ2) is 8.10. The zero-order valence-electron chi connectivity index (χ0n) is 12.2. The summed E-state index contributed by atoms with van der Waals surface area (Å²) in [4.78, 5) is 0. The van der Waals surface area contributed by atoms with Crippen LogP contribution in [0.3, 0.4) is 0 Å². The Balaban J connectivity index is 2.37. The van der Waals surface area contributed by atoms with Gasteiger partial charge in [-0.25, -0.2) is 4.39 Å². The minimum absolute atomic E-state index is 0.539. The summed E-state index contributed by atoms with van der Waals surface area (Å²) in [5, 5.41) is -1.03. The van der Waals surface area contributed by atoms with E-state index in [-0.39, 0.29) is 0 Å². The summed E-state index contributed by atoms with van der Waals surface area (Å²) in [6.07, 6.45) is 15.6. The van der Waals surface area contributed by atoms with E-state index in [9.17, 15) is 4.39 Å². The van der Waals surface area contributed by atoms with Gasteiger partial charge in [-0.2, -0.15) is 0 Å². The van der Waals surface area contributed by atoms with Gasteiger partial charge in [0.1, 0.15) is 0 Å². The van der Waals surface area contributed by atoms with Gasteiger partial charge in [0.05, 0.1) is 0 Å². The maximum atomic E-state index is 14.7. The van der Waals surface area contributed by atoms with Crippen LogP contribution < -0.4 is 0 Å². The standard InChI is InChI=1S/C16H28FP/c1-4-6-10-15(5-2)11-14-18(3)16(17)12-8-7-9-13-16/h7-9,12,15H,4-6,10-11,13-14H2,1-3H3. The lowest BCUT2D eigenvalue weighted by molar-refractivity contribution is 0.347. The van der Waals surface area contributed by atoms with Crippen LogP contribution in [0.25, 0.3) is 0 Å². The van der Waals surface area contributed by atoms with Crippen LogP contribution in [0.5, 0.6) is 0 Å². The molecular formula is C16H28FP. The van der Waals surface area contributed by atoms with Crippen molar-refractivity contribution >= 4 is 7.92 Å². The van der Waals surface area contributed by atoms with Crippen molar-refractivity contribution in [3.05, 3.63) is 24.3 Å². The minimum atomic E-state index is -1.03. The molecule has 0 saturated heterocycles. The second-order valence-electron chi connectivity index (χ2n) is 5.44. The molecule has 0 bridgehead atoms. The third-order valence-corrected chi connectivity index (χ3v) is 6.58. The molecule has 0 amide bonds. The van der Waals surface area contributed by atoms with Crippen molar-refractivity contribution in [2.75, 3.05) is 12.8 Å². The van der Waals surface area contributed by atoms with Gasteiger partial charge in [0.2, 0.25) is 0 Å². The maximum absolute atomic E-state index is 14.7. The van der Waals surface area contributed by atoms with E-state index in [1.165, 1.54) is 32.1 Å².